The summed E-state index contributed by atoms with van der Waals surface area (Å²) < 4.78 is 59.0. The second-order valence-corrected chi connectivity index (χ2v) is 3.43. The van der Waals surface area contributed by atoms with Gasteiger partial charge in [-0.05, 0) is 42.3 Å². The molecule has 0 bridgehead atoms. The summed E-state index contributed by atoms with van der Waals surface area (Å²) in [5, 5.41) is 8.70. The molecule has 1 aromatic rings. The summed E-state index contributed by atoms with van der Waals surface area (Å²) in [6, 6.07) is 2.19. The molecule has 0 radical (unpaired) electrons. The molecule has 0 saturated heterocycles. The molecular formula is C12H11F2N. The SMILES string of the molecule is [2H]C1([2H])Cc2c(cc(F)c(C#N)c2F)C([2H])([2H])C1C. The Morgan fingerprint density at radius 3 is 3.00 bits per heavy atom. The molecule has 0 spiro atoms. The van der Waals surface area contributed by atoms with Crippen LogP contribution in [0.5, 0.6) is 0 Å². The first kappa shape index (κ1) is 6.22. The van der Waals surface area contributed by atoms with Gasteiger partial charge in [-0.2, -0.15) is 5.26 Å². The molecule has 0 heterocycles. The second kappa shape index (κ2) is 3.62. The lowest BCUT2D eigenvalue weighted by Crippen LogP contribution is -2.14. The van der Waals surface area contributed by atoms with E-state index in [2.05, 4.69) is 0 Å². The number of nitrogens with zero attached hydrogens (tertiary/aromatic N) is 1. The van der Waals surface area contributed by atoms with Gasteiger partial charge in [0.15, 0.2) is 0 Å². The van der Waals surface area contributed by atoms with Gasteiger partial charge in [0.25, 0.3) is 0 Å². The highest BCUT2D eigenvalue weighted by Gasteiger charge is 2.23. The smallest absolute Gasteiger partial charge is 0.147 e. The Labute approximate surface area is 93.0 Å². The average Bonchev–Trinajstić information content (AvgIpc) is 2.30. The molecule has 0 saturated carbocycles. The summed E-state index contributed by atoms with van der Waals surface area (Å²) in [4.78, 5) is 0. The number of hydrogen-bond acceptors (Lipinski definition) is 1. The van der Waals surface area contributed by atoms with Gasteiger partial charge in [-0.25, -0.2) is 8.78 Å². The first-order valence-electron chi connectivity index (χ1n) is 6.54. The molecule has 1 nitrogen and oxygen atoms in total. The van der Waals surface area contributed by atoms with Gasteiger partial charge in [-0.1, -0.05) is 6.92 Å². The minimum atomic E-state index is -2.19. The zero-order chi connectivity index (χ0) is 14.6. The lowest BCUT2D eigenvalue weighted by molar-refractivity contribution is 0.473. The molecule has 0 aromatic heterocycles. The van der Waals surface area contributed by atoms with Gasteiger partial charge >= 0.3 is 0 Å². The Morgan fingerprint density at radius 2 is 2.33 bits per heavy atom. The van der Waals surface area contributed by atoms with Crippen molar-refractivity contribution in [3.05, 3.63) is 34.4 Å². The van der Waals surface area contributed by atoms with E-state index in [4.69, 9.17) is 10.7 Å². The van der Waals surface area contributed by atoms with Crippen LogP contribution in [-0.2, 0) is 12.8 Å². The maximum atomic E-state index is 14.0. The van der Waals surface area contributed by atoms with E-state index in [1.165, 1.54) is 13.0 Å². The first-order chi connectivity index (χ1) is 8.63. The van der Waals surface area contributed by atoms with Crippen LogP contribution in [0.2, 0.25) is 0 Å². The quantitative estimate of drug-likeness (QED) is 0.647. The van der Waals surface area contributed by atoms with Gasteiger partial charge in [0.2, 0.25) is 0 Å². The van der Waals surface area contributed by atoms with Crippen molar-refractivity contribution < 1.29 is 14.3 Å². The summed E-state index contributed by atoms with van der Waals surface area (Å²) in [7, 11) is 0. The van der Waals surface area contributed by atoms with Crippen molar-refractivity contribution in [1.82, 2.24) is 0 Å². The summed E-state index contributed by atoms with van der Waals surface area (Å²) in [5.74, 6) is -3.31. The van der Waals surface area contributed by atoms with Crippen LogP contribution in [0, 0.1) is 28.9 Å². The van der Waals surface area contributed by atoms with Gasteiger partial charge in [0.05, 0.1) is 0 Å². The van der Waals surface area contributed by atoms with Gasteiger partial charge in [0.1, 0.15) is 23.3 Å². The van der Waals surface area contributed by atoms with E-state index in [1.54, 1.807) is 0 Å². The number of halogens is 2. The normalized spacial score (nSPS) is 30.1. The molecule has 78 valence electrons. The van der Waals surface area contributed by atoms with Crippen LogP contribution in [0.25, 0.3) is 0 Å². The van der Waals surface area contributed by atoms with Crippen molar-refractivity contribution in [3.8, 4) is 6.07 Å². The highest BCUT2D eigenvalue weighted by Crippen LogP contribution is 2.30. The fourth-order valence-corrected chi connectivity index (χ4v) is 1.60. The van der Waals surface area contributed by atoms with Gasteiger partial charge in [0, 0.05) is 5.48 Å². The standard InChI is InChI=1S/C12H11F2N/c1-7-2-3-9-8(4-7)5-11(13)10(6-15)12(9)14/h5,7H,2-4H2,1H3/i2D2,4D2. The summed E-state index contributed by atoms with van der Waals surface area (Å²) in [6.45, 7) is 1.37. The van der Waals surface area contributed by atoms with Crippen LogP contribution in [0.15, 0.2) is 6.07 Å². The van der Waals surface area contributed by atoms with Crippen LogP contribution >= 0.6 is 0 Å². The lowest BCUT2D eigenvalue weighted by Gasteiger charge is -2.22. The van der Waals surface area contributed by atoms with Crippen LogP contribution < -0.4 is 0 Å². The summed E-state index contributed by atoms with van der Waals surface area (Å²) >= 11 is 0. The van der Waals surface area contributed by atoms with Crippen molar-refractivity contribution in [1.29, 1.82) is 5.26 Å². The monoisotopic (exact) mass is 211 g/mol. The van der Waals surface area contributed by atoms with E-state index < -0.39 is 35.9 Å². The number of nitriles is 1. The Hall–Kier alpha value is -1.43. The molecule has 1 unspecified atom stereocenters. The number of hydrogen-bond donors (Lipinski definition) is 0. The molecular weight excluding hydrogens is 196 g/mol. The highest BCUT2D eigenvalue weighted by molar-refractivity contribution is 5.42. The average molecular weight is 211 g/mol. The third kappa shape index (κ3) is 1.61. The number of benzene rings is 1. The fraction of sp³-hybridized carbons (Fsp3) is 0.417. The number of rotatable bonds is 0. The predicted octanol–water partition coefficient (Wildman–Crippen LogP) is 2.96. The molecule has 3 heteroatoms. The Morgan fingerprint density at radius 1 is 1.60 bits per heavy atom. The van der Waals surface area contributed by atoms with Crippen LogP contribution in [0.1, 0.15) is 35.5 Å². The third-order valence-corrected chi connectivity index (χ3v) is 2.39. The molecule has 0 N–H and O–H groups in total. The molecule has 1 aliphatic carbocycles. The van der Waals surface area contributed by atoms with E-state index >= 15 is 0 Å². The third-order valence-electron chi connectivity index (χ3n) is 2.39. The van der Waals surface area contributed by atoms with Gasteiger partial charge in [-0.3, -0.25) is 0 Å². The molecule has 0 aliphatic heterocycles. The van der Waals surface area contributed by atoms with E-state index in [9.17, 15) is 8.78 Å². The van der Waals surface area contributed by atoms with E-state index in [1.807, 2.05) is 0 Å². The Balaban J connectivity index is 2.79. The molecule has 1 aromatic carbocycles. The molecule has 1 atom stereocenters. The largest absolute Gasteiger partial charge is 0.205 e. The van der Waals surface area contributed by atoms with Crippen LogP contribution in [0.3, 0.4) is 0 Å². The maximum Gasteiger partial charge on any atom is 0.147 e. The molecule has 2 rings (SSSR count). The summed E-state index contributed by atoms with van der Waals surface area (Å²) in [6.07, 6.45) is -4.52. The van der Waals surface area contributed by atoms with Crippen molar-refractivity contribution in [2.45, 2.75) is 26.1 Å². The van der Waals surface area contributed by atoms with Crippen molar-refractivity contribution in [3.63, 3.8) is 0 Å². The van der Waals surface area contributed by atoms with E-state index in [0.717, 1.165) is 6.07 Å². The second-order valence-electron chi connectivity index (χ2n) is 3.43. The van der Waals surface area contributed by atoms with Crippen molar-refractivity contribution >= 4 is 0 Å². The van der Waals surface area contributed by atoms with Crippen LogP contribution in [-0.4, -0.2) is 0 Å². The molecule has 1 aliphatic rings. The minimum absolute atomic E-state index is 0.205. The lowest BCUT2D eigenvalue weighted by atomic mass is 9.84. The summed E-state index contributed by atoms with van der Waals surface area (Å²) in [5.41, 5.74) is -1.24. The van der Waals surface area contributed by atoms with Gasteiger partial charge < -0.3 is 0 Å². The van der Waals surface area contributed by atoms with Crippen molar-refractivity contribution in [2.24, 2.45) is 5.92 Å². The van der Waals surface area contributed by atoms with Crippen molar-refractivity contribution in [2.75, 3.05) is 0 Å². The molecule has 15 heavy (non-hydrogen) atoms. The first-order valence-corrected chi connectivity index (χ1v) is 4.54. The minimum Gasteiger partial charge on any atom is -0.205 e. The highest BCUT2D eigenvalue weighted by atomic mass is 19.1. The zero-order valence-corrected chi connectivity index (χ0v) is 8.06. The fourth-order valence-electron chi connectivity index (χ4n) is 1.60. The van der Waals surface area contributed by atoms with E-state index in [0.29, 0.717) is 0 Å². The zero-order valence-electron chi connectivity index (χ0n) is 12.1. The Bertz CT molecular complexity index is 592. The topological polar surface area (TPSA) is 23.8 Å². The number of fused-ring (bicyclic) bond motifs is 1. The molecule has 0 amide bonds. The van der Waals surface area contributed by atoms with Crippen LogP contribution in [0.4, 0.5) is 8.78 Å². The molecule has 0 fully saturated rings. The predicted molar refractivity (Wildman–Crippen MR) is 52.3 cm³/mol. The van der Waals surface area contributed by atoms with Gasteiger partial charge in [-0.15, -0.1) is 0 Å². The Kier molecular flexibility index (Phi) is 1.50. The van der Waals surface area contributed by atoms with E-state index in [-0.39, 0.29) is 17.5 Å². The maximum absolute atomic E-state index is 14.0.